The molecule has 1 amide bonds. The molecule has 9 nitrogen and oxygen atoms in total. The maximum absolute atomic E-state index is 13.5. The fraction of sp³-hybridized carbons (Fsp3) is 0.500. The number of hydrogen-bond acceptors (Lipinski definition) is 9. The second-order valence-electron chi connectivity index (χ2n) is 11.1. The lowest BCUT2D eigenvalue weighted by molar-refractivity contribution is -0.142. The van der Waals surface area contributed by atoms with Gasteiger partial charge in [-0.2, -0.15) is 13.2 Å². The Hall–Kier alpha value is -3.10. The molecule has 14 heteroatoms. The van der Waals surface area contributed by atoms with E-state index in [4.69, 9.17) is 0 Å². The number of nitrogens with zero attached hydrogens (tertiary/aromatic N) is 4. The standard InChI is InChI=1S/C28H32F3N5O4S2/c1-16(2)24-23-21(14-36(24)26-32-13-19(15-37)25(35-26)28(29,30)31)41-27(34-23)33-22(38)12-18-6-8-20(9-7-18)42(39,40)11-10-17-4-3-5-17/h6-9,13,16-17,24,37H,3-5,10-12,14-15H2,1-2H3,(H,33,34,38)/t24-/m0/s1. The molecule has 0 spiro atoms. The second-order valence-corrected chi connectivity index (χ2v) is 14.3. The first-order valence-corrected chi connectivity index (χ1v) is 16.2. The maximum Gasteiger partial charge on any atom is 0.433 e. The van der Waals surface area contributed by atoms with Gasteiger partial charge in [0.05, 0.1) is 46.8 Å². The molecule has 1 fully saturated rings. The van der Waals surface area contributed by atoms with Crippen molar-refractivity contribution < 1.29 is 31.5 Å². The smallest absolute Gasteiger partial charge is 0.392 e. The molecule has 0 saturated heterocycles. The van der Waals surface area contributed by atoms with Crippen molar-refractivity contribution in [1.82, 2.24) is 15.0 Å². The summed E-state index contributed by atoms with van der Waals surface area (Å²) in [6.45, 7) is 3.21. The molecular formula is C28H32F3N5O4S2. The van der Waals surface area contributed by atoms with Crippen LogP contribution < -0.4 is 10.2 Å². The van der Waals surface area contributed by atoms with E-state index in [2.05, 4.69) is 20.3 Å². The van der Waals surface area contributed by atoms with E-state index in [-0.39, 0.29) is 41.4 Å². The largest absolute Gasteiger partial charge is 0.433 e. The fourth-order valence-electron chi connectivity index (χ4n) is 5.31. The van der Waals surface area contributed by atoms with Crippen molar-refractivity contribution in [2.24, 2.45) is 11.8 Å². The van der Waals surface area contributed by atoms with Crippen molar-refractivity contribution in [2.75, 3.05) is 16.0 Å². The van der Waals surface area contributed by atoms with E-state index in [0.717, 1.165) is 23.9 Å². The molecule has 1 aromatic carbocycles. The molecule has 5 rings (SSSR count). The molecule has 3 heterocycles. The van der Waals surface area contributed by atoms with E-state index in [9.17, 15) is 31.5 Å². The summed E-state index contributed by atoms with van der Waals surface area (Å²) in [4.78, 5) is 27.9. The number of alkyl halides is 3. The topological polar surface area (TPSA) is 125 Å². The van der Waals surface area contributed by atoms with Crippen LogP contribution in [-0.2, 0) is 40.4 Å². The Morgan fingerprint density at radius 1 is 1.19 bits per heavy atom. The summed E-state index contributed by atoms with van der Waals surface area (Å²) in [5.41, 5.74) is -0.271. The Morgan fingerprint density at radius 3 is 2.50 bits per heavy atom. The number of aliphatic hydroxyl groups excluding tert-OH is 1. The number of sulfone groups is 1. The first-order chi connectivity index (χ1) is 19.9. The molecule has 1 atom stereocenters. The Kier molecular flexibility index (Phi) is 8.59. The highest BCUT2D eigenvalue weighted by Crippen LogP contribution is 2.44. The van der Waals surface area contributed by atoms with Crippen LogP contribution in [0.4, 0.5) is 24.3 Å². The second kappa shape index (κ2) is 11.9. The fourth-order valence-corrected chi connectivity index (χ4v) is 7.76. The monoisotopic (exact) mass is 623 g/mol. The van der Waals surface area contributed by atoms with Gasteiger partial charge in [-0.05, 0) is 36.0 Å². The quantitative estimate of drug-likeness (QED) is 0.312. The van der Waals surface area contributed by atoms with Crippen molar-refractivity contribution in [2.45, 2.75) is 76.2 Å². The van der Waals surface area contributed by atoms with Crippen LogP contribution in [0.5, 0.6) is 0 Å². The van der Waals surface area contributed by atoms with Crippen LogP contribution in [0.2, 0.25) is 0 Å². The summed E-state index contributed by atoms with van der Waals surface area (Å²) >= 11 is 1.24. The van der Waals surface area contributed by atoms with Crippen LogP contribution in [0, 0.1) is 11.8 Å². The average Bonchev–Trinajstić information content (AvgIpc) is 3.44. The number of hydrogen-bond donors (Lipinski definition) is 2. The van der Waals surface area contributed by atoms with Crippen molar-refractivity contribution in [1.29, 1.82) is 0 Å². The van der Waals surface area contributed by atoms with Crippen molar-refractivity contribution in [3.63, 3.8) is 0 Å². The van der Waals surface area contributed by atoms with E-state index < -0.39 is 39.9 Å². The van der Waals surface area contributed by atoms with Gasteiger partial charge >= 0.3 is 6.18 Å². The zero-order valence-electron chi connectivity index (χ0n) is 23.2. The number of aromatic nitrogens is 3. The number of halogens is 3. The minimum atomic E-state index is -4.74. The van der Waals surface area contributed by atoms with Gasteiger partial charge in [0.1, 0.15) is 0 Å². The number of carbonyl (C=O) groups is 1. The van der Waals surface area contributed by atoms with Gasteiger partial charge in [0.25, 0.3) is 0 Å². The number of rotatable bonds is 10. The predicted octanol–water partition coefficient (Wildman–Crippen LogP) is 5.31. The number of benzene rings is 1. The van der Waals surface area contributed by atoms with E-state index >= 15 is 0 Å². The number of amides is 1. The number of anilines is 2. The molecule has 226 valence electrons. The summed E-state index contributed by atoms with van der Waals surface area (Å²) in [5.74, 6) is 0.143. The van der Waals surface area contributed by atoms with Gasteiger partial charge in [-0.15, -0.1) is 0 Å². The molecule has 0 bridgehead atoms. The van der Waals surface area contributed by atoms with Gasteiger partial charge in [-0.25, -0.2) is 23.4 Å². The SMILES string of the molecule is CC(C)[C@H]1c2nc(NC(=O)Cc3ccc(S(=O)(=O)CCC4CCC4)cc3)sc2CN1c1ncc(CO)c(C(F)(F)F)n1. The Bertz CT molecular complexity index is 1550. The molecule has 1 aliphatic heterocycles. The van der Waals surface area contributed by atoms with E-state index in [0.29, 0.717) is 28.7 Å². The number of fused-ring (bicyclic) bond motifs is 1. The molecule has 1 saturated carbocycles. The van der Waals surface area contributed by atoms with Crippen LogP contribution in [0.15, 0.2) is 35.4 Å². The van der Waals surface area contributed by atoms with Gasteiger partial charge in [0.2, 0.25) is 11.9 Å². The summed E-state index contributed by atoms with van der Waals surface area (Å²) in [7, 11) is -3.36. The van der Waals surface area contributed by atoms with Gasteiger partial charge in [-0.1, -0.05) is 56.6 Å². The number of aliphatic hydroxyl groups is 1. The first kappa shape index (κ1) is 30.4. The summed E-state index contributed by atoms with van der Waals surface area (Å²) < 4.78 is 65.9. The molecule has 2 aliphatic rings. The highest BCUT2D eigenvalue weighted by Gasteiger charge is 2.41. The van der Waals surface area contributed by atoms with Crippen LogP contribution in [0.3, 0.4) is 0 Å². The molecule has 42 heavy (non-hydrogen) atoms. The third kappa shape index (κ3) is 6.45. The maximum atomic E-state index is 13.5. The average molecular weight is 624 g/mol. The van der Waals surface area contributed by atoms with Crippen molar-refractivity contribution in [3.05, 3.63) is 57.9 Å². The summed E-state index contributed by atoms with van der Waals surface area (Å²) in [6, 6.07) is 5.94. The Balaban J connectivity index is 1.24. The zero-order chi connectivity index (χ0) is 30.2. The van der Waals surface area contributed by atoms with E-state index in [1.807, 2.05) is 13.8 Å². The molecule has 1 aliphatic carbocycles. The molecular weight excluding hydrogens is 591 g/mol. The van der Waals surface area contributed by atoms with Crippen molar-refractivity contribution >= 4 is 38.2 Å². The van der Waals surface area contributed by atoms with Gasteiger partial charge in [0.15, 0.2) is 20.7 Å². The number of nitrogens with one attached hydrogen (secondary N) is 1. The van der Waals surface area contributed by atoms with Crippen LogP contribution >= 0.6 is 11.3 Å². The molecule has 2 N–H and O–H groups in total. The van der Waals surface area contributed by atoms with Gasteiger partial charge in [-0.3, -0.25) is 4.79 Å². The van der Waals surface area contributed by atoms with Gasteiger partial charge < -0.3 is 15.3 Å². The third-order valence-corrected chi connectivity index (χ3v) is 10.5. The van der Waals surface area contributed by atoms with E-state index in [1.165, 1.54) is 29.9 Å². The lowest BCUT2D eigenvalue weighted by atomic mass is 9.84. The minimum absolute atomic E-state index is 0.0254. The number of carbonyl (C=O) groups excluding carboxylic acids is 1. The van der Waals surface area contributed by atoms with Crippen LogP contribution in [0.1, 0.15) is 73.0 Å². The third-order valence-electron chi connectivity index (χ3n) is 7.75. The summed E-state index contributed by atoms with van der Waals surface area (Å²) in [5, 5.41) is 12.5. The minimum Gasteiger partial charge on any atom is -0.392 e. The Labute approximate surface area is 246 Å². The Morgan fingerprint density at radius 2 is 1.90 bits per heavy atom. The molecule has 0 radical (unpaired) electrons. The van der Waals surface area contributed by atoms with Gasteiger partial charge in [0, 0.05) is 11.8 Å². The highest BCUT2D eigenvalue weighted by molar-refractivity contribution is 7.91. The first-order valence-electron chi connectivity index (χ1n) is 13.8. The normalized spacial score (nSPS) is 17.4. The lowest BCUT2D eigenvalue weighted by Gasteiger charge is -2.28. The number of thiazole rings is 1. The molecule has 2 aromatic heterocycles. The molecule has 3 aromatic rings. The molecule has 0 unspecified atom stereocenters. The summed E-state index contributed by atoms with van der Waals surface area (Å²) in [6.07, 6.45) is 0.314. The van der Waals surface area contributed by atoms with Crippen LogP contribution in [-0.4, -0.2) is 40.1 Å². The predicted molar refractivity (Wildman–Crippen MR) is 152 cm³/mol. The van der Waals surface area contributed by atoms with Crippen LogP contribution in [0.25, 0.3) is 0 Å². The lowest BCUT2D eigenvalue weighted by Crippen LogP contribution is -2.29. The van der Waals surface area contributed by atoms with Crippen molar-refractivity contribution in [3.8, 4) is 0 Å². The zero-order valence-corrected chi connectivity index (χ0v) is 24.8. The van der Waals surface area contributed by atoms with E-state index in [1.54, 1.807) is 17.0 Å². The highest BCUT2D eigenvalue weighted by atomic mass is 32.2.